The maximum Gasteiger partial charge on any atom is 0.294 e. The van der Waals surface area contributed by atoms with Gasteiger partial charge in [-0.1, -0.05) is 18.2 Å². The number of para-hydroxylation sites is 1. The predicted molar refractivity (Wildman–Crippen MR) is 105 cm³/mol. The summed E-state index contributed by atoms with van der Waals surface area (Å²) in [6.07, 6.45) is 1.92. The number of hydrogen-bond acceptors (Lipinski definition) is 7. The molecule has 0 saturated carbocycles. The highest BCUT2D eigenvalue weighted by Gasteiger charge is 2.39. The summed E-state index contributed by atoms with van der Waals surface area (Å²) in [5.41, 5.74) is 0.648. The largest absolute Gasteiger partial charge is 0.496 e. The van der Waals surface area contributed by atoms with Crippen LogP contribution in [0.25, 0.3) is 6.08 Å². The molecule has 2 fully saturated rings. The number of ether oxygens (including phenoxy) is 1. The van der Waals surface area contributed by atoms with Crippen LogP contribution in [0, 0.1) is 0 Å². The number of hydrogen-bond donors (Lipinski definition) is 0. The first-order valence-electron chi connectivity index (χ1n) is 8.56. The Hall–Kier alpha value is -2.33. The van der Waals surface area contributed by atoms with E-state index in [0.717, 1.165) is 16.7 Å². The molecular weight excluding hydrogens is 404 g/mol. The number of methoxy groups -OCH3 is 1. The van der Waals surface area contributed by atoms with Crippen LogP contribution in [0.1, 0.15) is 12.0 Å². The van der Waals surface area contributed by atoms with Crippen LogP contribution >= 0.6 is 11.8 Å². The number of benzene rings is 1. The van der Waals surface area contributed by atoms with Crippen LogP contribution in [0.4, 0.5) is 4.79 Å². The van der Waals surface area contributed by atoms with Crippen LogP contribution in [0.3, 0.4) is 0 Å². The quantitative estimate of drug-likeness (QED) is 0.658. The SMILES string of the molecule is COc1ccccc1/C=C1/SC(=O)N(CC(=O)N(C)[C@H]2CCS(=O)(=O)C2)C1=O. The van der Waals surface area contributed by atoms with Crippen molar-refractivity contribution in [3.8, 4) is 5.75 Å². The predicted octanol–water partition coefficient (Wildman–Crippen LogP) is 1.38. The number of carbonyl (C=O) groups excluding carboxylic acids is 3. The number of carbonyl (C=O) groups is 3. The Morgan fingerprint density at radius 3 is 2.71 bits per heavy atom. The molecule has 2 aliphatic heterocycles. The first kappa shape index (κ1) is 20.4. The molecule has 0 aromatic heterocycles. The highest BCUT2D eigenvalue weighted by Crippen LogP contribution is 2.34. The molecule has 3 amide bonds. The van der Waals surface area contributed by atoms with Crippen LogP contribution in [0.2, 0.25) is 0 Å². The Labute approximate surface area is 167 Å². The topological polar surface area (TPSA) is 101 Å². The molecule has 150 valence electrons. The van der Waals surface area contributed by atoms with Gasteiger partial charge in [-0.05, 0) is 30.3 Å². The Balaban J connectivity index is 1.72. The average Bonchev–Trinajstić information content (AvgIpc) is 3.15. The fraction of sp³-hybridized carbons (Fsp3) is 0.389. The lowest BCUT2D eigenvalue weighted by Crippen LogP contribution is -2.45. The summed E-state index contributed by atoms with van der Waals surface area (Å²) in [6.45, 7) is -0.416. The lowest BCUT2D eigenvalue weighted by atomic mass is 10.2. The smallest absolute Gasteiger partial charge is 0.294 e. The molecule has 0 radical (unpaired) electrons. The van der Waals surface area contributed by atoms with Crippen LogP contribution < -0.4 is 4.74 Å². The summed E-state index contributed by atoms with van der Waals surface area (Å²) >= 11 is 0.758. The summed E-state index contributed by atoms with van der Waals surface area (Å²) in [7, 11) is -0.132. The molecule has 2 aliphatic rings. The molecular formula is C18H20N2O6S2. The van der Waals surface area contributed by atoms with Gasteiger partial charge in [0.05, 0.1) is 23.5 Å². The van der Waals surface area contributed by atoms with Gasteiger partial charge in [-0.3, -0.25) is 19.3 Å². The minimum atomic E-state index is -3.14. The van der Waals surface area contributed by atoms with Gasteiger partial charge < -0.3 is 9.64 Å². The van der Waals surface area contributed by atoms with Crippen molar-refractivity contribution in [2.24, 2.45) is 0 Å². The Morgan fingerprint density at radius 1 is 1.36 bits per heavy atom. The standard InChI is InChI=1S/C18H20N2O6S2/c1-19(13-7-8-28(24,25)11-13)16(21)10-20-17(22)15(27-18(20)23)9-12-5-3-4-6-14(12)26-2/h3-6,9,13H,7-8,10-11H2,1-2H3/b15-9+/t13-/m0/s1. The van der Waals surface area contributed by atoms with E-state index in [-0.39, 0.29) is 16.4 Å². The van der Waals surface area contributed by atoms with E-state index in [4.69, 9.17) is 4.74 Å². The summed E-state index contributed by atoms with van der Waals surface area (Å²) in [6, 6.07) is 6.64. The fourth-order valence-electron chi connectivity index (χ4n) is 3.09. The second kappa shape index (κ2) is 7.96. The molecule has 1 aromatic carbocycles. The monoisotopic (exact) mass is 424 g/mol. The molecule has 2 saturated heterocycles. The van der Waals surface area contributed by atoms with E-state index in [9.17, 15) is 22.8 Å². The molecule has 8 nitrogen and oxygen atoms in total. The molecule has 10 heteroatoms. The van der Waals surface area contributed by atoms with Crippen molar-refractivity contribution < 1.29 is 27.5 Å². The number of sulfone groups is 1. The summed E-state index contributed by atoms with van der Waals surface area (Å²) in [4.78, 5) is 39.8. The molecule has 3 rings (SSSR count). The van der Waals surface area contributed by atoms with Gasteiger partial charge in [0.2, 0.25) is 5.91 Å². The highest BCUT2D eigenvalue weighted by atomic mass is 32.2. The van der Waals surface area contributed by atoms with E-state index >= 15 is 0 Å². The van der Waals surface area contributed by atoms with Crippen LogP contribution in [0.15, 0.2) is 29.2 Å². The van der Waals surface area contributed by atoms with Gasteiger partial charge in [-0.25, -0.2) is 8.42 Å². The number of imide groups is 1. The highest BCUT2D eigenvalue weighted by molar-refractivity contribution is 8.18. The Bertz CT molecular complexity index is 957. The maximum atomic E-state index is 12.6. The van der Waals surface area contributed by atoms with Crippen molar-refractivity contribution in [3.05, 3.63) is 34.7 Å². The lowest BCUT2D eigenvalue weighted by molar-refractivity contribution is -0.136. The molecule has 0 unspecified atom stereocenters. The number of rotatable bonds is 5. The zero-order valence-electron chi connectivity index (χ0n) is 15.5. The number of likely N-dealkylation sites (N-methyl/N-ethyl adjacent to an activating group) is 1. The van der Waals surface area contributed by atoms with Gasteiger partial charge in [0, 0.05) is 18.7 Å². The van der Waals surface area contributed by atoms with Gasteiger partial charge in [0.15, 0.2) is 9.84 Å². The fourth-order valence-corrected chi connectivity index (χ4v) is 5.70. The summed E-state index contributed by atoms with van der Waals surface area (Å²) < 4.78 is 28.5. The van der Waals surface area contributed by atoms with Crippen molar-refractivity contribution in [3.63, 3.8) is 0 Å². The van der Waals surface area contributed by atoms with E-state index in [1.807, 2.05) is 0 Å². The Kier molecular flexibility index (Phi) is 5.80. The summed E-state index contributed by atoms with van der Waals surface area (Å²) in [5.74, 6) is -0.513. The lowest BCUT2D eigenvalue weighted by Gasteiger charge is -2.25. The van der Waals surface area contributed by atoms with Gasteiger partial charge >= 0.3 is 0 Å². The second-order valence-electron chi connectivity index (χ2n) is 6.57. The van der Waals surface area contributed by atoms with Crippen LogP contribution in [0.5, 0.6) is 5.75 Å². The molecule has 2 heterocycles. The van der Waals surface area contributed by atoms with Crippen molar-refractivity contribution in [2.45, 2.75) is 12.5 Å². The van der Waals surface area contributed by atoms with E-state index < -0.39 is 39.5 Å². The molecule has 0 N–H and O–H groups in total. The van der Waals surface area contributed by atoms with Gasteiger partial charge in [-0.2, -0.15) is 0 Å². The average molecular weight is 425 g/mol. The molecule has 0 spiro atoms. The number of nitrogens with zero attached hydrogens (tertiary/aromatic N) is 2. The maximum absolute atomic E-state index is 12.6. The van der Waals surface area contributed by atoms with E-state index in [1.54, 1.807) is 30.3 Å². The molecule has 28 heavy (non-hydrogen) atoms. The first-order valence-corrected chi connectivity index (χ1v) is 11.2. The number of amides is 3. The van der Waals surface area contributed by atoms with Gasteiger partial charge in [0.1, 0.15) is 12.3 Å². The zero-order valence-corrected chi connectivity index (χ0v) is 17.1. The van der Waals surface area contributed by atoms with Crippen molar-refractivity contribution >= 4 is 44.7 Å². The van der Waals surface area contributed by atoms with Crippen LogP contribution in [-0.4, -0.2) is 73.5 Å². The first-order chi connectivity index (χ1) is 13.2. The Morgan fingerprint density at radius 2 is 2.07 bits per heavy atom. The molecule has 1 aromatic rings. The van der Waals surface area contributed by atoms with Gasteiger partial charge in [-0.15, -0.1) is 0 Å². The zero-order chi connectivity index (χ0) is 20.5. The number of thioether (sulfide) groups is 1. The molecule has 0 aliphatic carbocycles. The van der Waals surface area contributed by atoms with Crippen molar-refractivity contribution in [1.82, 2.24) is 9.80 Å². The minimum Gasteiger partial charge on any atom is -0.496 e. The third-order valence-electron chi connectivity index (χ3n) is 4.74. The van der Waals surface area contributed by atoms with Crippen LogP contribution in [-0.2, 0) is 19.4 Å². The second-order valence-corrected chi connectivity index (χ2v) is 9.79. The van der Waals surface area contributed by atoms with Crippen molar-refractivity contribution in [1.29, 1.82) is 0 Å². The molecule has 1 atom stereocenters. The van der Waals surface area contributed by atoms with E-state index in [0.29, 0.717) is 17.7 Å². The van der Waals surface area contributed by atoms with E-state index in [2.05, 4.69) is 0 Å². The third-order valence-corrected chi connectivity index (χ3v) is 7.40. The van der Waals surface area contributed by atoms with Crippen molar-refractivity contribution in [2.75, 3.05) is 32.2 Å². The molecule has 0 bridgehead atoms. The third kappa shape index (κ3) is 4.22. The normalized spacial score (nSPS) is 22.7. The van der Waals surface area contributed by atoms with Gasteiger partial charge in [0.25, 0.3) is 11.1 Å². The minimum absolute atomic E-state index is 0.0402. The van der Waals surface area contributed by atoms with E-state index in [1.165, 1.54) is 19.1 Å². The summed E-state index contributed by atoms with van der Waals surface area (Å²) in [5, 5.41) is -0.535.